The molecule has 124 heavy (non-hydrogen) atoms. The molecule has 590 valence electrons. The number of benzene rings is 20. The lowest BCUT2D eigenvalue weighted by Crippen LogP contribution is -2.74. The van der Waals surface area contributed by atoms with Gasteiger partial charge in [0.15, 0.2) is 27.3 Å². The van der Waals surface area contributed by atoms with E-state index in [1.54, 1.807) is 0 Å². The highest BCUT2D eigenvalue weighted by atomic mass is 28.3. The van der Waals surface area contributed by atoms with Crippen molar-refractivity contribution in [3.05, 3.63) is 460 Å². The van der Waals surface area contributed by atoms with Crippen molar-refractivity contribution in [1.82, 2.24) is 0 Å². The van der Waals surface area contributed by atoms with E-state index < -0.39 is 16.1 Å². The Balaban J connectivity index is 0.640. The van der Waals surface area contributed by atoms with Crippen LogP contribution < -0.4 is 51.3 Å². The number of hydrogen-bond donors (Lipinski definition) is 0. The van der Waals surface area contributed by atoms with Crippen LogP contribution in [0, 0.1) is 0 Å². The largest absolute Gasteiger partial charge is 0.454 e. The van der Waals surface area contributed by atoms with Crippen LogP contribution >= 0.6 is 0 Å². The quantitative estimate of drug-likeness (QED) is 0.0433. The fraction of sp³-hybridized carbons (Fsp3) is 0.0508. The molecule has 20 aromatic carbocycles. The summed E-state index contributed by atoms with van der Waals surface area (Å²) in [5, 5.41) is 22.8. The highest BCUT2D eigenvalue weighted by Crippen LogP contribution is 2.50. The maximum Gasteiger partial charge on any atom is 0.179 e. The van der Waals surface area contributed by atoms with Crippen LogP contribution in [0.2, 0.25) is 0 Å². The predicted molar refractivity (Wildman–Crippen MR) is 531 cm³/mol. The summed E-state index contributed by atoms with van der Waals surface area (Å²) < 4.78 is 13.9. The van der Waals surface area contributed by atoms with Crippen LogP contribution in [0.5, 0.6) is 0 Å². The first-order valence-corrected chi connectivity index (χ1v) is 47.3. The molecule has 0 saturated heterocycles. The molecule has 0 fully saturated rings. The van der Waals surface area contributed by atoms with Gasteiger partial charge in [-0.05, 0) is 226 Å². The molecule has 0 N–H and O–H groups in total. The van der Waals surface area contributed by atoms with Crippen LogP contribution in [0.4, 0.5) is 34.1 Å². The average Bonchev–Trinajstić information content (AvgIpc) is 0.797. The summed E-state index contributed by atoms with van der Waals surface area (Å²) in [6.45, 7) is 9.39. The molecule has 0 bridgehead atoms. The summed E-state index contributed by atoms with van der Waals surface area (Å²) in [5.41, 5.74) is 21.5. The molecular weight excluding hydrogens is 1530 g/mol. The summed E-state index contributed by atoms with van der Waals surface area (Å²) in [7, 11) is -5.59. The Labute approximate surface area is 725 Å². The predicted octanol–water partition coefficient (Wildman–Crippen LogP) is 27.0. The molecule has 0 radical (unpaired) electrons. The van der Waals surface area contributed by atoms with E-state index in [-0.39, 0.29) is 11.8 Å². The molecule has 0 aliphatic rings. The van der Waals surface area contributed by atoms with Crippen LogP contribution in [0.3, 0.4) is 0 Å². The average molecular weight is 1620 g/mol. The van der Waals surface area contributed by atoms with Gasteiger partial charge in [-0.3, -0.25) is 0 Å². The lowest BCUT2D eigenvalue weighted by atomic mass is 9.81. The first-order chi connectivity index (χ1) is 61.1. The topological polar surface area (TPSA) is 32.8 Å². The molecule has 0 atom stereocenters. The van der Waals surface area contributed by atoms with Crippen molar-refractivity contribution in [1.29, 1.82) is 0 Å². The third-order valence-corrected chi connectivity index (χ3v) is 35.6. The van der Waals surface area contributed by atoms with Crippen molar-refractivity contribution in [2.75, 3.05) is 9.80 Å². The normalized spacial score (nSPS) is 12.0. The van der Waals surface area contributed by atoms with Gasteiger partial charge in [0.05, 0.1) is 11.4 Å². The second-order valence-electron chi connectivity index (χ2n) is 33.6. The standard InChI is InChI=1S/C118H88N2O2Si2/c1-79(2)107-77-109(83-59-67-89(68-60-83)119(111-51-29-49-105-99-47-23-25-53-113(99)121-117(105)111)87-63-55-81(56-64-87)85-31-27-45-97(75-85)123(91-33-11-5-12-34-91,92-35-13-6-14-36-92)93-37-15-7-16-38-93)103-74-72-102-108(80(3)4)78-110(104-73-71-101(107)115(103)116(102)104)84-61-69-90(70-62-84)120(112-52-30-50-106-100-48-24-26-54-114(100)122-118(106)112)88-65-57-82(58-66-88)86-32-28-46-98(76-86)124(94-39-17-8-18-40-94,95-41-19-9-20-42-95)96-43-21-10-22-44-96/h5-80H,1-4H3. The van der Waals surface area contributed by atoms with Crippen LogP contribution in [-0.4, -0.2) is 16.1 Å². The number of furan rings is 2. The Hall–Kier alpha value is -14.9. The van der Waals surface area contributed by atoms with Crippen LogP contribution in [0.15, 0.2) is 458 Å². The van der Waals surface area contributed by atoms with Gasteiger partial charge < -0.3 is 18.6 Å². The SMILES string of the molecule is CC(C)c1cc(-c2ccc(N(c3ccc(-c4cccc([Si](c5ccccc5)(c5ccccc5)c5ccccc5)c4)cc3)c3cccc4c3oc3ccccc34)cc2)c2ccc3c(C(C)C)cc(-c4ccc(N(c5ccc(-c6cccc([Si](c7ccccc7)(c7ccccc7)c7ccccc7)c6)cc5)c5cccc6c5oc5ccccc56)cc4)c4ccc1c2c43. The van der Waals surface area contributed by atoms with E-state index in [2.05, 4.69) is 486 Å². The van der Waals surface area contributed by atoms with E-state index in [0.29, 0.717) is 0 Å². The fourth-order valence-electron chi connectivity index (χ4n) is 20.3. The molecule has 22 aromatic rings. The molecule has 0 saturated carbocycles. The summed E-state index contributed by atoms with van der Waals surface area (Å²) in [6, 6.07) is 167. The molecular formula is C118H88N2O2Si2. The van der Waals surface area contributed by atoms with Gasteiger partial charge in [-0.25, -0.2) is 0 Å². The molecule has 2 aromatic heterocycles. The second kappa shape index (κ2) is 31.3. The fourth-order valence-corrected chi connectivity index (χ4v) is 29.9. The molecule has 0 amide bonds. The Bertz CT molecular complexity index is 7030. The number of fused-ring (bicyclic) bond motifs is 6. The minimum atomic E-state index is -2.79. The van der Waals surface area contributed by atoms with Gasteiger partial charge in [0.2, 0.25) is 0 Å². The smallest absolute Gasteiger partial charge is 0.179 e. The third-order valence-electron chi connectivity index (χ3n) is 26.1. The van der Waals surface area contributed by atoms with E-state index >= 15 is 0 Å². The summed E-state index contributed by atoms with van der Waals surface area (Å²) in [4.78, 5) is 4.76. The zero-order valence-corrected chi connectivity index (χ0v) is 71.6. The second-order valence-corrected chi connectivity index (χ2v) is 41.2. The molecule has 0 aliphatic carbocycles. The van der Waals surface area contributed by atoms with Crippen LogP contribution in [0.25, 0.3) is 121 Å². The lowest BCUT2D eigenvalue weighted by Gasteiger charge is -2.34. The molecule has 2 heterocycles. The zero-order chi connectivity index (χ0) is 83.0. The monoisotopic (exact) mass is 1620 g/mol. The zero-order valence-electron chi connectivity index (χ0n) is 69.6. The Morgan fingerprint density at radius 2 is 0.468 bits per heavy atom. The minimum Gasteiger partial charge on any atom is -0.454 e. The van der Waals surface area contributed by atoms with Gasteiger partial charge >= 0.3 is 0 Å². The van der Waals surface area contributed by atoms with E-state index in [0.717, 1.165) is 100 Å². The van der Waals surface area contributed by atoms with E-state index in [1.807, 2.05) is 0 Å². The minimum absolute atomic E-state index is 0.243. The van der Waals surface area contributed by atoms with Crippen molar-refractivity contribution in [3.63, 3.8) is 0 Å². The van der Waals surface area contributed by atoms with Gasteiger partial charge in [0, 0.05) is 44.3 Å². The first-order valence-electron chi connectivity index (χ1n) is 43.3. The Morgan fingerprint density at radius 1 is 0.202 bits per heavy atom. The van der Waals surface area contributed by atoms with Gasteiger partial charge in [-0.1, -0.05) is 392 Å². The number of anilines is 6. The van der Waals surface area contributed by atoms with Crippen LogP contribution in [0.1, 0.15) is 50.7 Å². The van der Waals surface area contributed by atoms with Crippen molar-refractivity contribution >= 4 is 168 Å². The molecule has 0 spiro atoms. The maximum atomic E-state index is 6.93. The highest BCUT2D eigenvalue weighted by Gasteiger charge is 2.43. The van der Waals surface area contributed by atoms with Crippen molar-refractivity contribution in [2.24, 2.45) is 0 Å². The van der Waals surface area contributed by atoms with Crippen molar-refractivity contribution in [3.8, 4) is 44.5 Å². The van der Waals surface area contributed by atoms with Crippen LogP contribution in [-0.2, 0) is 0 Å². The Kier molecular flexibility index (Phi) is 19.0. The van der Waals surface area contributed by atoms with Gasteiger partial charge in [-0.15, -0.1) is 0 Å². The van der Waals surface area contributed by atoms with E-state index in [9.17, 15) is 0 Å². The Morgan fingerprint density at radius 3 is 0.782 bits per heavy atom. The van der Waals surface area contributed by atoms with E-state index in [1.165, 1.54) is 107 Å². The molecule has 0 aliphatic heterocycles. The summed E-state index contributed by atoms with van der Waals surface area (Å²) in [6.07, 6.45) is 0. The van der Waals surface area contributed by atoms with Gasteiger partial charge in [-0.2, -0.15) is 0 Å². The maximum absolute atomic E-state index is 6.93. The van der Waals surface area contributed by atoms with Crippen molar-refractivity contribution in [2.45, 2.75) is 39.5 Å². The molecule has 0 unspecified atom stereocenters. The molecule has 4 nitrogen and oxygen atoms in total. The number of para-hydroxylation sites is 4. The highest BCUT2D eigenvalue weighted by molar-refractivity contribution is 7.20. The number of hydrogen-bond acceptors (Lipinski definition) is 4. The molecule has 22 rings (SSSR count). The summed E-state index contributed by atoms with van der Waals surface area (Å²) in [5.74, 6) is 0.487. The van der Waals surface area contributed by atoms with E-state index in [4.69, 9.17) is 8.83 Å². The number of rotatable bonds is 20. The summed E-state index contributed by atoms with van der Waals surface area (Å²) >= 11 is 0. The van der Waals surface area contributed by atoms with Crippen molar-refractivity contribution < 1.29 is 8.83 Å². The third kappa shape index (κ3) is 12.6. The lowest BCUT2D eigenvalue weighted by molar-refractivity contribution is 0.668. The first kappa shape index (κ1) is 75.3. The number of nitrogens with zero attached hydrogens (tertiary/aromatic N) is 2. The van der Waals surface area contributed by atoms with Gasteiger partial charge in [0.1, 0.15) is 11.2 Å². The molecule has 6 heteroatoms. The van der Waals surface area contributed by atoms with Gasteiger partial charge in [0.25, 0.3) is 0 Å².